The standard InChI is InChI=1S/C15H18N2O/c18-11-12-6-9-17(10-7-12)15-14-4-2-1-3-13(14)5-8-16-15/h1-5,8,12,18H,6-7,9-11H2. The monoisotopic (exact) mass is 242 g/mol. The first-order valence-electron chi connectivity index (χ1n) is 6.58. The largest absolute Gasteiger partial charge is 0.396 e. The second-order valence-electron chi connectivity index (χ2n) is 4.97. The lowest BCUT2D eigenvalue weighted by atomic mass is 9.97. The maximum Gasteiger partial charge on any atom is 0.136 e. The maximum absolute atomic E-state index is 9.19. The van der Waals surface area contributed by atoms with Gasteiger partial charge >= 0.3 is 0 Å². The van der Waals surface area contributed by atoms with Gasteiger partial charge in [0.15, 0.2) is 0 Å². The van der Waals surface area contributed by atoms with E-state index in [0.29, 0.717) is 12.5 Å². The molecule has 3 rings (SSSR count). The van der Waals surface area contributed by atoms with Crippen LogP contribution in [-0.4, -0.2) is 29.8 Å². The zero-order valence-corrected chi connectivity index (χ0v) is 10.4. The van der Waals surface area contributed by atoms with Gasteiger partial charge in [-0.05, 0) is 30.2 Å². The third-order valence-electron chi connectivity index (χ3n) is 3.82. The van der Waals surface area contributed by atoms with Crippen LogP contribution in [0.15, 0.2) is 36.5 Å². The Balaban J connectivity index is 1.91. The third-order valence-corrected chi connectivity index (χ3v) is 3.82. The van der Waals surface area contributed by atoms with E-state index in [0.717, 1.165) is 31.7 Å². The van der Waals surface area contributed by atoms with Gasteiger partial charge in [-0.15, -0.1) is 0 Å². The van der Waals surface area contributed by atoms with Crippen LogP contribution >= 0.6 is 0 Å². The fourth-order valence-corrected chi connectivity index (χ4v) is 2.68. The summed E-state index contributed by atoms with van der Waals surface area (Å²) in [7, 11) is 0. The molecule has 94 valence electrons. The summed E-state index contributed by atoms with van der Waals surface area (Å²) in [6.07, 6.45) is 4.00. The Bertz CT molecular complexity index is 528. The molecule has 1 N–H and O–H groups in total. The topological polar surface area (TPSA) is 36.4 Å². The van der Waals surface area contributed by atoms with E-state index in [1.807, 2.05) is 6.20 Å². The molecule has 3 heteroatoms. The number of benzene rings is 1. The molecular weight excluding hydrogens is 224 g/mol. The molecule has 0 aliphatic carbocycles. The number of fused-ring (bicyclic) bond motifs is 1. The molecule has 18 heavy (non-hydrogen) atoms. The molecule has 0 unspecified atom stereocenters. The molecule has 0 bridgehead atoms. The number of hydrogen-bond acceptors (Lipinski definition) is 3. The molecule has 2 heterocycles. The number of aliphatic hydroxyl groups is 1. The number of piperidine rings is 1. The van der Waals surface area contributed by atoms with Crippen LogP contribution in [0.1, 0.15) is 12.8 Å². The van der Waals surface area contributed by atoms with Crippen molar-refractivity contribution in [1.82, 2.24) is 4.98 Å². The van der Waals surface area contributed by atoms with Gasteiger partial charge in [-0.1, -0.05) is 24.3 Å². The van der Waals surface area contributed by atoms with Gasteiger partial charge in [0.25, 0.3) is 0 Å². The maximum atomic E-state index is 9.19. The van der Waals surface area contributed by atoms with Gasteiger partial charge in [0.2, 0.25) is 0 Å². The quantitative estimate of drug-likeness (QED) is 0.878. The van der Waals surface area contributed by atoms with E-state index in [9.17, 15) is 5.11 Å². The summed E-state index contributed by atoms with van der Waals surface area (Å²) in [5.74, 6) is 1.56. The second-order valence-corrected chi connectivity index (χ2v) is 4.97. The van der Waals surface area contributed by atoms with Gasteiger partial charge in [0, 0.05) is 31.3 Å². The normalized spacial score (nSPS) is 17.3. The minimum atomic E-state index is 0.316. The minimum absolute atomic E-state index is 0.316. The molecule has 1 saturated heterocycles. The molecule has 1 aromatic carbocycles. The Labute approximate surface area is 107 Å². The van der Waals surface area contributed by atoms with E-state index < -0.39 is 0 Å². The van der Waals surface area contributed by atoms with E-state index in [1.54, 1.807) is 0 Å². The average Bonchev–Trinajstić information content (AvgIpc) is 2.47. The molecule has 1 aromatic heterocycles. The van der Waals surface area contributed by atoms with Gasteiger partial charge in [-0.3, -0.25) is 0 Å². The van der Waals surface area contributed by atoms with E-state index >= 15 is 0 Å². The first-order chi connectivity index (χ1) is 8.88. The third kappa shape index (κ3) is 2.06. The van der Waals surface area contributed by atoms with Crippen LogP contribution in [0.3, 0.4) is 0 Å². The molecule has 0 radical (unpaired) electrons. The van der Waals surface area contributed by atoms with Crippen LogP contribution in [0.25, 0.3) is 10.8 Å². The van der Waals surface area contributed by atoms with Gasteiger partial charge < -0.3 is 10.0 Å². The smallest absolute Gasteiger partial charge is 0.136 e. The highest BCUT2D eigenvalue weighted by Gasteiger charge is 2.20. The SMILES string of the molecule is OCC1CCN(c2nccc3ccccc23)CC1. The number of hydrogen-bond donors (Lipinski definition) is 1. The van der Waals surface area contributed by atoms with Gasteiger partial charge in [-0.2, -0.15) is 0 Å². The van der Waals surface area contributed by atoms with Crippen LogP contribution in [-0.2, 0) is 0 Å². The highest BCUT2D eigenvalue weighted by molar-refractivity contribution is 5.92. The summed E-state index contributed by atoms with van der Waals surface area (Å²) in [5, 5.41) is 11.7. The van der Waals surface area contributed by atoms with Crippen molar-refractivity contribution in [2.75, 3.05) is 24.6 Å². The molecule has 0 saturated carbocycles. The molecule has 0 spiro atoms. The van der Waals surface area contributed by atoms with Crippen molar-refractivity contribution >= 4 is 16.6 Å². The van der Waals surface area contributed by atoms with Gasteiger partial charge in [0.1, 0.15) is 5.82 Å². The van der Waals surface area contributed by atoms with Crippen molar-refractivity contribution in [1.29, 1.82) is 0 Å². The number of pyridine rings is 1. The van der Waals surface area contributed by atoms with Crippen molar-refractivity contribution in [2.45, 2.75) is 12.8 Å². The van der Waals surface area contributed by atoms with Crippen LogP contribution in [0.5, 0.6) is 0 Å². The van der Waals surface area contributed by atoms with E-state index in [1.165, 1.54) is 10.8 Å². The van der Waals surface area contributed by atoms with Crippen molar-refractivity contribution in [3.8, 4) is 0 Å². The van der Waals surface area contributed by atoms with Crippen LogP contribution in [0.2, 0.25) is 0 Å². The zero-order chi connectivity index (χ0) is 12.4. The lowest BCUT2D eigenvalue weighted by Crippen LogP contribution is -2.35. The number of anilines is 1. The Morgan fingerprint density at radius 3 is 2.72 bits per heavy atom. The van der Waals surface area contributed by atoms with Crippen molar-refractivity contribution in [3.63, 3.8) is 0 Å². The van der Waals surface area contributed by atoms with E-state index in [-0.39, 0.29) is 0 Å². The summed E-state index contributed by atoms with van der Waals surface area (Å²) in [5.41, 5.74) is 0. The molecule has 0 atom stereocenters. The number of nitrogens with zero attached hydrogens (tertiary/aromatic N) is 2. The minimum Gasteiger partial charge on any atom is -0.396 e. The van der Waals surface area contributed by atoms with E-state index in [4.69, 9.17) is 0 Å². The van der Waals surface area contributed by atoms with Crippen molar-refractivity contribution < 1.29 is 5.11 Å². The summed E-state index contributed by atoms with van der Waals surface area (Å²) >= 11 is 0. The molecule has 0 amide bonds. The lowest BCUT2D eigenvalue weighted by Gasteiger charge is -2.32. The van der Waals surface area contributed by atoms with Crippen molar-refractivity contribution in [3.05, 3.63) is 36.5 Å². The first kappa shape index (κ1) is 11.5. The Hall–Kier alpha value is -1.61. The zero-order valence-electron chi connectivity index (χ0n) is 10.4. The Morgan fingerprint density at radius 1 is 1.17 bits per heavy atom. The lowest BCUT2D eigenvalue weighted by molar-refractivity contribution is 0.203. The Kier molecular flexibility index (Phi) is 3.15. The van der Waals surface area contributed by atoms with Crippen molar-refractivity contribution in [2.24, 2.45) is 5.92 Å². The molecule has 1 aliphatic heterocycles. The highest BCUT2D eigenvalue weighted by atomic mass is 16.3. The Morgan fingerprint density at radius 2 is 1.94 bits per heavy atom. The first-order valence-corrected chi connectivity index (χ1v) is 6.58. The van der Waals surface area contributed by atoms with Gasteiger partial charge in [0.05, 0.1) is 0 Å². The summed E-state index contributed by atoms with van der Waals surface area (Å²) in [6, 6.07) is 10.4. The number of rotatable bonds is 2. The summed E-state index contributed by atoms with van der Waals surface area (Å²) in [4.78, 5) is 6.89. The van der Waals surface area contributed by atoms with Crippen LogP contribution in [0.4, 0.5) is 5.82 Å². The molecule has 2 aromatic rings. The fourth-order valence-electron chi connectivity index (χ4n) is 2.68. The predicted octanol–water partition coefficient (Wildman–Crippen LogP) is 2.44. The summed E-state index contributed by atoms with van der Waals surface area (Å²) in [6.45, 7) is 2.30. The molecular formula is C15H18N2O. The molecule has 1 fully saturated rings. The summed E-state index contributed by atoms with van der Waals surface area (Å²) < 4.78 is 0. The van der Waals surface area contributed by atoms with Gasteiger partial charge in [-0.25, -0.2) is 4.98 Å². The number of aromatic nitrogens is 1. The molecule has 3 nitrogen and oxygen atoms in total. The number of aliphatic hydroxyl groups excluding tert-OH is 1. The molecule has 1 aliphatic rings. The second kappa shape index (κ2) is 4.94. The fraction of sp³-hybridized carbons (Fsp3) is 0.400. The average molecular weight is 242 g/mol. The predicted molar refractivity (Wildman–Crippen MR) is 73.8 cm³/mol. The highest BCUT2D eigenvalue weighted by Crippen LogP contribution is 2.27. The van der Waals surface area contributed by atoms with Crippen LogP contribution in [0, 0.1) is 5.92 Å². The van der Waals surface area contributed by atoms with Crippen LogP contribution < -0.4 is 4.90 Å². The van der Waals surface area contributed by atoms with E-state index in [2.05, 4.69) is 40.2 Å².